The van der Waals surface area contributed by atoms with Gasteiger partial charge >= 0.3 is 0 Å². The molecular formula is C19H33NO4. The molecule has 3 heterocycles. The summed E-state index contributed by atoms with van der Waals surface area (Å²) >= 11 is 0. The Bertz CT molecular complexity index is 382. The number of nitrogens with zero attached hydrogens (tertiary/aromatic N) is 1. The lowest BCUT2D eigenvalue weighted by molar-refractivity contribution is -0.124. The van der Waals surface area contributed by atoms with Crippen molar-refractivity contribution in [3.8, 4) is 0 Å². The van der Waals surface area contributed by atoms with Crippen LogP contribution in [0, 0.1) is 11.8 Å². The van der Waals surface area contributed by atoms with Crippen LogP contribution in [0.1, 0.15) is 38.5 Å². The van der Waals surface area contributed by atoms with E-state index in [4.69, 9.17) is 18.9 Å². The van der Waals surface area contributed by atoms with Gasteiger partial charge in [-0.25, -0.2) is 0 Å². The maximum Gasteiger partial charge on any atom is 0.0991 e. The Labute approximate surface area is 145 Å². The topological polar surface area (TPSA) is 40.2 Å². The van der Waals surface area contributed by atoms with Crippen molar-refractivity contribution in [2.24, 2.45) is 11.8 Å². The van der Waals surface area contributed by atoms with Crippen LogP contribution in [0.3, 0.4) is 0 Å². The molecule has 0 spiro atoms. The van der Waals surface area contributed by atoms with Crippen LogP contribution in [0.15, 0.2) is 0 Å². The second kappa shape index (κ2) is 8.45. The molecule has 0 radical (unpaired) electrons. The molecule has 0 aromatic heterocycles. The summed E-state index contributed by atoms with van der Waals surface area (Å²) < 4.78 is 23.4. The van der Waals surface area contributed by atoms with Gasteiger partial charge in [-0.05, 0) is 50.4 Å². The molecule has 0 aromatic carbocycles. The molecular weight excluding hydrogens is 306 g/mol. The highest BCUT2D eigenvalue weighted by molar-refractivity contribution is 4.96. The lowest BCUT2D eigenvalue weighted by Crippen LogP contribution is -2.53. The first-order chi connectivity index (χ1) is 11.9. The maximum absolute atomic E-state index is 6.32. The molecule has 4 fully saturated rings. The number of rotatable bonds is 5. The maximum atomic E-state index is 6.32. The van der Waals surface area contributed by atoms with Crippen molar-refractivity contribution in [3.63, 3.8) is 0 Å². The van der Waals surface area contributed by atoms with Gasteiger partial charge < -0.3 is 18.9 Å². The zero-order valence-corrected chi connectivity index (χ0v) is 14.9. The van der Waals surface area contributed by atoms with Crippen molar-refractivity contribution in [3.05, 3.63) is 0 Å². The SMILES string of the molecule is C1CC(CO[C@@H]2CC[C@H]3[C@H]2OCCN3CC2CCOCC2)CCO1. The monoisotopic (exact) mass is 339 g/mol. The van der Waals surface area contributed by atoms with Crippen LogP contribution in [0.2, 0.25) is 0 Å². The minimum Gasteiger partial charge on any atom is -0.381 e. The number of morpholine rings is 1. The van der Waals surface area contributed by atoms with Gasteiger partial charge in [0.2, 0.25) is 0 Å². The van der Waals surface area contributed by atoms with Crippen LogP contribution >= 0.6 is 0 Å². The van der Waals surface area contributed by atoms with Crippen molar-refractivity contribution in [2.45, 2.75) is 56.8 Å². The van der Waals surface area contributed by atoms with E-state index < -0.39 is 0 Å². The smallest absolute Gasteiger partial charge is 0.0991 e. The Kier molecular flexibility index (Phi) is 6.07. The van der Waals surface area contributed by atoms with Gasteiger partial charge in [0.1, 0.15) is 0 Å². The molecule has 0 aromatic rings. The molecule has 0 N–H and O–H groups in total. The molecule has 3 saturated heterocycles. The summed E-state index contributed by atoms with van der Waals surface area (Å²) in [7, 11) is 0. The van der Waals surface area contributed by atoms with E-state index >= 15 is 0 Å². The molecule has 5 nitrogen and oxygen atoms in total. The summed E-state index contributed by atoms with van der Waals surface area (Å²) in [5, 5.41) is 0. The highest BCUT2D eigenvalue weighted by atomic mass is 16.5. The van der Waals surface area contributed by atoms with E-state index in [0.717, 1.165) is 71.4 Å². The third kappa shape index (κ3) is 4.13. The van der Waals surface area contributed by atoms with Gasteiger partial charge in [-0.1, -0.05) is 0 Å². The van der Waals surface area contributed by atoms with Gasteiger partial charge in [0.05, 0.1) is 25.4 Å². The molecule has 24 heavy (non-hydrogen) atoms. The van der Waals surface area contributed by atoms with Crippen LogP contribution in [0.5, 0.6) is 0 Å². The average molecular weight is 339 g/mol. The molecule has 5 heteroatoms. The normalized spacial score (nSPS) is 36.8. The molecule has 4 aliphatic rings. The van der Waals surface area contributed by atoms with E-state index in [1.165, 1.54) is 25.8 Å². The minimum atomic E-state index is 0.290. The van der Waals surface area contributed by atoms with E-state index in [2.05, 4.69) is 4.90 Å². The van der Waals surface area contributed by atoms with Crippen LogP contribution in [0.4, 0.5) is 0 Å². The third-order valence-corrected chi connectivity index (χ3v) is 6.37. The zero-order valence-electron chi connectivity index (χ0n) is 14.9. The van der Waals surface area contributed by atoms with Gasteiger partial charge in [-0.3, -0.25) is 4.90 Å². The van der Waals surface area contributed by atoms with Gasteiger partial charge in [-0.15, -0.1) is 0 Å². The molecule has 0 unspecified atom stereocenters. The summed E-state index contributed by atoms with van der Waals surface area (Å²) in [6.45, 7) is 7.76. The Morgan fingerprint density at radius 1 is 0.792 bits per heavy atom. The number of hydrogen-bond acceptors (Lipinski definition) is 5. The molecule has 0 bridgehead atoms. The number of fused-ring (bicyclic) bond motifs is 1. The first-order valence-corrected chi connectivity index (χ1v) is 10.0. The van der Waals surface area contributed by atoms with Crippen molar-refractivity contribution in [2.75, 3.05) is 52.7 Å². The van der Waals surface area contributed by atoms with Crippen LogP contribution in [0.25, 0.3) is 0 Å². The van der Waals surface area contributed by atoms with Crippen molar-refractivity contribution >= 4 is 0 Å². The van der Waals surface area contributed by atoms with E-state index in [1.54, 1.807) is 0 Å². The lowest BCUT2D eigenvalue weighted by Gasteiger charge is -2.41. The van der Waals surface area contributed by atoms with E-state index in [0.29, 0.717) is 24.2 Å². The Hall–Kier alpha value is -0.200. The van der Waals surface area contributed by atoms with Crippen molar-refractivity contribution < 1.29 is 18.9 Å². The van der Waals surface area contributed by atoms with Gasteiger partial charge in [-0.2, -0.15) is 0 Å². The van der Waals surface area contributed by atoms with Gasteiger partial charge in [0.15, 0.2) is 0 Å². The fourth-order valence-corrected chi connectivity index (χ4v) is 4.83. The third-order valence-electron chi connectivity index (χ3n) is 6.37. The minimum absolute atomic E-state index is 0.290. The van der Waals surface area contributed by atoms with Crippen molar-refractivity contribution in [1.29, 1.82) is 0 Å². The number of hydrogen-bond donors (Lipinski definition) is 0. The average Bonchev–Trinajstić information content (AvgIpc) is 3.06. The van der Waals surface area contributed by atoms with Gasteiger partial charge in [0.25, 0.3) is 0 Å². The van der Waals surface area contributed by atoms with E-state index in [-0.39, 0.29) is 0 Å². The zero-order chi connectivity index (χ0) is 16.2. The molecule has 1 saturated carbocycles. The van der Waals surface area contributed by atoms with Crippen LogP contribution < -0.4 is 0 Å². The van der Waals surface area contributed by atoms with Gasteiger partial charge in [0, 0.05) is 45.6 Å². The fourth-order valence-electron chi connectivity index (χ4n) is 4.83. The van der Waals surface area contributed by atoms with Crippen molar-refractivity contribution in [1.82, 2.24) is 4.90 Å². The summed E-state index contributed by atoms with van der Waals surface area (Å²) in [5.74, 6) is 1.49. The molecule has 138 valence electrons. The molecule has 1 aliphatic carbocycles. The standard InChI is InChI=1S/C19H33NO4/c1-2-18(24-14-16-5-10-22-11-6-16)19-17(1)20(7-12-23-19)13-15-3-8-21-9-4-15/h15-19H,1-14H2/t17-,18+,19+/m0/s1. The predicted octanol–water partition coefficient (Wildman–Crippen LogP) is 2.09. The molecule has 3 aliphatic heterocycles. The van der Waals surface area contributed by atoms with Crippen LogP contribution in [-0.4, -0.2) is 75.9 Å². The van der Waals surface area contributed by atoms with Crippen LogP contribution in [-0.2, 0) is 18.9 Å². The first kappa shape index (κ1) is 17.2. The summed E-state index contributed by atoms with van der Waals surface area (Å²) in [4.78, 5) is 2.70. The van der Waals surface area contributed by atoms with E-state index in [9.17, 15) is 0 Å². The molecule has 0 amide bonds. The summed E-state index contributed by atoms with van der Waals surface area (Å²) in [5.41, 5.74) is 0. The highest BCUT2D eigenvalue weighted by Gasteiger charge is 2.43. The Balaban J connectivity index is 1.27. The Morgan fingerprint density at radius 3 is 2.25 bits per heavy atom. The predicted molar refractivity (Wildman–Crippen MR) is 91.2 cm³/mol. The first-order valence-electron chi connectivity index (χ1n) is 10.0. The Morgan fingerprint density at radius 2 is 1.50 bits per heavy atom. The largest absolute Gasteiger partial charge is 0.381 e. The number of ether oxygens (including phenoxy) is 4. The summed E-state index contributed by atoms with van der Waals surface area (Å²) in [6, 6.07) is 0.571. The molecule has 3 atom stereocenters. The lowest BCUT2D eigenvalue weighted by atomic mass is 9.98. The second-order valence-electron chi connectivity index (χ2n) is 7.96. The quantitative estimate of drug-likeness (QED) is 0.767. The molecule has 4 rings (SSSR count). The summed E-state index contributed by atoms with van der Waals surface area (Å²) in [6.07, 6.45) is 7.72. The highest BCUT2D eigenvalue weighted by Crippen LogP contribution is 2.34. The fraction of sp³-hybridized carbons (Fsp3) is 1.00. The van der Waals surface area contributed by atoms with E-state index in [1.807, 2.05) is 0 Å². The second-order valence-corrected chi connectivity index (χ2v) is 7.96.